The fraction of sp³-hybridized carbons (Fsp3) is 0.429. The van der Waals surface area contributed by atoms with E-state index in [0.29, 0.717) is 30.2 Å². The van der Waals surface area contributed by atoms with Gasteiger partial charge in [-0.2, -0.15) is 0 Å². The molecule has 0 fully saturated rings. The van der Waals surface area contributed by atoms with E-state index in [9.17, 15) is 23.2 Å². The third kappa shape index (κ3) is 4.93. The molecule has 2 heterocycles. The van der Waals surface area contributed by atoms with Crippen LogP contribution in [0.1, 0.15) is 60.6 Å². The van der Waals surface area contributed by atoms with Crippen LogP contribution in [0, 0.1) is 11.6 Å². The van der Waals surface area contributed by atoms with E-state index in [0.717, 1.165) is 18.2 Å². The lowest BCUT2D eigenvalue weighted by Gasteiger charge is -2.34. The van der Waals surface area contributed by atoms with E-state index in [1.165, 1.54) is 6.20 Å². The molecule has 3 rings (SSSR count). The van der Waals surface area contributed by atoms with Crippen LogP contribution in [0.5, 0.6) is 0 Å². The van der Waals surface area contributed by atoms with Gasteiger partial charge in [-0.05, 0) is 38.0 Å². The van der Waals surface area contributed by atoms with Crippen molar-refractivity contribution in [3.63, 3.8) is 0 Å². The maximum Gasteiger partial charge on any atom is 0.270 e. The summed E-state index contributed by atoms with van der Waals surface area (Å²) in [5.74, 6) is -2.20. The fourth-order valence-corrected chi connectivity index (χ4v) is 3.77. The number of aromatic nitrogens is 2. The largest absolute Gasteiger partial charge is 0.368 e. The molecular formula is C21H26F2N6O3. The molecule has 9 nitrogen and oxygen atoms in total. The molecule has 2 aromatic rings. The predicted molar refractivity (Wildman–Crippen MR) is 111 cm³/mol. The van der Waals surface area contributed by atoms with Gasteiger partial charge < -0.3 is 26.3 Å². The zero-order chi connectivity index (χ0) is 23.6. The first-order valence-electron chi connectivity index (χ1n) is 10.2. The topological polar surface area (TPSA) is 136 Å². The van der Waals surface area contributed by atoms with Crippen LogP contribution in [0.15, 0.2) is 24.4 Å². The summed E-state index contributed by atoms with van der Waals surface area (Å²) in [6.07, 6.45) is 1.64. The first-order valence-corrected chi connectivity index (χ1v) is 10.2. The van der Waals surface area contributed by atoms with Crippen LogP contribution < -0.4 is 16.8 Å². The molecule has 172 valence electrons. The number of hydrogen-bond acceptors (Lipinski definition) is 5. The molecule has 0 saturated heterocycles. The van der Waals surface area contributed by atoms with E-state index < -0.39 is 41.6 Å². The van der Waals surface area contributed by atoms with Crippen molar-refractivity contribution in [3.8, 4) is 0 Å². The molecule has 1 aromatic carbocycles. The highest BCUT2D eigenvalue weighted by Gasteiger charge is 2.32. The Morgan fingerprint density at radius 2 is 1.88 bits per heavy atom. The fourth-order valence-electron chi connectivity index (χ4n) is 3.77. The molecule has 0 bridgehead atoms. The second-order valence-corrected chi connectivity index (χ2v) is 7.86. The van der Waals surface area contributed by atoms with Gasteiger partial charge >= 0.3 is 0 Å². The number of nitrogens with one attached hydrogen (secondary N) is 1. The number of primary amides is 1. The summed E-state index contributed by atoms with van der Waals surface area (Å²) >= 11 is 0. The highest BCUT2D eigenvalue weighted by molar-refractivity contribution is 5.93. The predicted octanol–water partition coefficient (Wildman–Crippen LogP) is 1.15. The third-order valence-electron chi connectivity index (χ3n) is 5.61. The Bertz CT molecular complexity index is 1020. The van der Waals surface area contributed by atoms with Gasteiger partial charge in [-0.1, -0.05) is 0 Å². The number of nitrogens with zero attached hydrogens (tertiary/aromatic N) is 3. The molecule has 1 aliphatic heterocycles. The monoisotopic (exact) mass is 448 g/mol. The number of halogens is 2. The zero-order valence-electron chi connectivity index (χ0n) is 17.8. The average molecular weight is 448 g/mol. The summed E-state index contributed by atoms with van der Waals surface area (Å²) < 4.78 is 28.7. The maximum atomic E-state index is 13.5. The minimum atomic E-state index is -0.884. The summed E-state index contributed by atoms with van der Waals surface area (Å²) in [4.78, 5) is 42.4. The Hall–Kier alpha value is -3.34. The van der Waals surface area contributed by atoms with E-state index >= 15 is 0 Å². The lowest BCUT2D eigenvalue weighted by molar-refractivity contribution is -0.134. The minimum Gasteiger partial charge on any atom is -0.368 e. The highest BCUT2D eigenvalue weighted by atomic mass is 19.1. The molecule has 3 atom stereocenters. The molecule has 11 heteroatoms. The summed E-state index contributed by atoms with van der Waals surface area (Å²) in [6, 6.07) is 1.18. The van der Waals surface area contributed by atoms with Crippen LogP contribution in [0.4, 0.5) is 8.78 Å². The Morgan fingerprint density at radius 3 is 2.50 bits per heavy atom. The molecule has 0 radical (unpaired) electrons. The smallest absolute Gasteiger partial charge is 0.270 e. The number of hydrogen-bond donors (Lipinski definition) is 3. The van der Waals surface area contributed by atoms with Crippen molar-refractivity contribution in [3.05, 3.63) is 53.1 Å². The van der Waals surface area contributed by atoms with E-state index in [-0.39, 0.29) is 18.7 Å². The number of imidazole rings is 1. The standard InChI is InChI=1S/C21H26F2N6O3/c1-11(13-7-14(22)9-15(23)8-13)27-21(32)17-10-26-20-12(2)28(5-6-29(17)20)18(30)4-3-16(24)19(25)31/h7-12,16H,3-6,24H2,1-2H3,(H2,25,31)(H,27,32). The van der Waals surface area contributed by atoms with Gasteiger partial charge in [0.2, 0.25) is 11.8 Å². The van der Waals surface area contributed by atoms with Gasteiger partial charge in [-0.3, -0.25) is 14.4 Å². The van der Waals surface area contributed by atoms with Gasteiger partial charge in [-0.25, -0.2) is 13.8 Å². The Labute approximate surface area is 183 Å². The molecule has 3 amide bonds. The second-order valence-electron chi connectivity index (χ2n) is 7.86. The van der Waals surface area contributed by atoms with Crippen molar-refractivity contribution >= 4 is 17.7 Å². The van der Waals surface area contributed by atoms with Crippen molar-refractivity contribution in [2.24, 2.45) is 11.5 Å². The summed E-state index contributed by atoms with van der Waals surface area (Å²) in [7, 11) is 0. The normalized spacial score (nSPS) is 17.4. The van der Waals surface area contributed by atoms with Gasteiger partial charge in [0, 0.05) is 25.6 Å². The minimum absolute atomic E-state index is 0.0736. The van der Waals surface area contributed by atoms with Crippen LogP contribution >= 0.6 is 0 Å². The van der Waals surface area contributed by atoms with Crippen LogP contribution in [-0.2, 0) is 16.1 Å². The third-order valence-corrected chi connectivity index (χ3v) is 5.61. The molecule has 32 heavy (non-hydrogen) atoms. The molecule has 1 aromatic heterocycles. The van der Waals surface area contributed by atoms with Crippen LogP contribution in [0.3, 0.4) is 0 Å². The summed E-state index contributed by atoms with van der Waals surface area (Å²) in [6.45, 7) is 4.11. The van der Waals surface area contributed by atoms with Crippen molar-refractivity contribution in [1.82, 2.24) is 19.8 Å². The number of carbonyl (C=O) groups excluding carboxylic acids is 3. The Balaban J connectivity index is 1.69. The molecular weight excluding hydrogens is 422 g/mol. The number of carbonyl (C=O) groups is 3. The first-order chi connectivity index (χ1) is 15.1. The number of nitrogens with two attached hydrogens (primary N) is 2. The van der Waals surface area contributed by atoms with Crippen molar-refractivity contribution in [1.29, 1.82) is 0 Å². The Kier molecular flexibility index (Phi) is 6.87. The summed E-state index contributed by atoms with van der Waals surface area (Å²) in [5, 5.41) is 2.72. The molecule has 3 unspecified atom stereocenters. The zero-order valence-corrected chi connectivity index (χ0v) is 17.8. The maximum absolute atomic E-state index is 13.5. The number of rotatable bonds is 7. The molecule has 5 N–H and O–H groups in total. The van der Waals surface area contributed by atoms with Crippen molar-refractivity contribution < 1.29 is 23.2 Å². The van der Waals surface area contributed by atoms with E-state index in [4.69, 9.17) is 11.5 Å². The lowest BCUT2D eigenvalue weighted by Crippen LogP contribution is -2.43. The van der Waals surface area contributed by atoms with E-state index in [1.54, 1.807) is 23.3 Å². The Morgan fingerprint density at radius 1 is 1.22 bits per heavy atom. The van der Waals surface area contributed by atoms with Gasteiger partial charge in [0.1, 0.15) is 23.2 Å². The van der Waals surface area contributed by atoms with Gasteiger partial charge in [0.15, 0.2) is 0 Å². The second kappa shape index (κ2) is 9.43. The lowest BCUT2D eigenvalue weighted by atomic mass is 10.1. The summed E-state index contributed by atoms with van der Waals surface area (Å²) in [5.41, 5.74) is 11.3. The quantitative estimate of drug-likeness (QED) is 0.584. The number of amides is 3. The van der Waals surface area contributed by atoms with Crippen LogP contribution in [0.25, 0.3) is 0 Å². The van der Waals surface area contributed by atoms with Crippen LogP contribution in [-0.4, -0.2) is 44.8 Å². The highest BCUT2D eigenvalue weighted by Crippen LogP contribution is 2.26. The number of fused-ring (bicyclic) bond motifs is 1. The average Bonchev–Trinajstić information content (AvgIpc) is 3.16. The van der Waals surface area contributed by atoms with Gasteiger partial charge in [-0.15, -0.1) is 0 Å². The molecule has 0 aliphatic carbocycles. The van der Waals surface area contributed by atoms with Crippen LogP contribution in [0.2, 0.25) is 0 Å². The van der Waals surface area contributed by atoms with Gasteiger partial charge in [0.05, 0.1) is 24.3 Å². The van der Waals surface area contributed by atoms with E-state index in [2.05, 4.69) is 10.3 Å². The van der Waals surface area contributed by atoms with Crippen molar-refractivity contribution in [2.75, 3.05) is 6.54 Å². The number of benzene rings is 1. The van der Waals surface area contributed by atoms with Crippen molar-refractivity contribution in [2.45, 2.75) is 51.4 Å². The van der Waals surface area contributed by atoms with E-state index in [1.807, 2.05) is 0 Å². The molecule has 0 spiro atoms. The molecule has 1 aliphatic rings. The molecule has 0 saturated carbocycles. The van der Waals surface area contributed by atoms with Gasteiger partial charge in [0.25, 0.3) is 5.91 Å². The SMILES string of the molecule is CC(NC(=O)c1cnc2n1CCN(C(=O)CCC(N)C(N)=O)C2C)c1cc(F)cc(F)c1. The first kappa shape index (κ1) is 23.3.